The second-order valence-corrected chi connectivity index (χ2v) is 20.7. The van der Waals surface area contributed by atoms with Crippen molar-refractivity contribution < 1.29 is 33.2 Å². The molecular weight excluding hydrogens is 889 g/mol. The molecule has 3 atom stereocenters. The molecule has 7 rings (SSSR count). The zero-order valence-corrected chi connectivity index (χ0v) is 42.0. The quantitative estimate of drug-likeness (QED) is 0.0983. The van der Waals surface area contributed by atoms with Gasteiger partial charge in [-0.2, -0.15) is 4.98 Å². The van der Waals surface area contributed by atoms with Gasteiger partial charge in [0.05, 0.1) is 6.54 Å². The van der Waals surface area contributed by atoms with E-state index in [4.69, 9.17) is 19.0 Å². The topological polar surface area (TPSA) is 156 Å². The van der Waals surface area contributed by atoms with Gasteiger partial charge in [0.15, 0.2) is 0 Å². The van der Waals surface area contributed by atoms with Crippen molar-refractivity contribution in [2.24, 2.45) is 0 Å². The van der Waals surface area contributed by atoms with Gasteiger partial charge in [-0.15, -0.1) is 11.3 Å². The molecule has 364 valence electrons. The number of aryl methyl sites for hydroxylation is 1. The molecule has 14 heteroatoms. The number of nitrogens with one attached hydrogen (secondary N) is 2. The Morgan fingerprint density at radius 2 is 1.46 bits per heavy atom. The van der Waals surface area contributed by atoms with Crippen LogP contribution in [0.25, 0.3) is 33.0 Å². The first kappa shape index (κ1) is 50.3. The lowest BCUT2D eigenvalue weighted by Crippen LogP contribution is -2.50. The van der Waals surface area contributed by atoms with Crippen LogP contribution in [-0.2, 0) is 32.0 Å². The zero-order valence-electron chi connectivity index (χ0n) is 41.2. The van der Waals surface area contributed by atoms with Crippen molar-refractivity contribution in [1.82, 2.24) is 30.6 Å². The number of allylic oxidation sites excluding steroid dienone is 3. The van der Waals surface area contributed by atoms with E-state index in [1.807, 2.05) is 92.4 Å². The van der Waals surface area contributed by atoms with Gasteiger partial charge in [-0.3, -0.25) is 9.59 Å². The molecular formula is C55H66N6O7S. The predicted octanol–water partition coefficient (Wildman–Crippen LogP) is 11.9. The second-order valence-electron chi connectivity index (χ2n) is 19.6. The summed E-state index contributed by atoms with van der Waals surface area (Å²) < 4.78 is 16.9. The molecule has 0 spiro atoms. The first-order chi connectivity index (χ1) is 33.0. The lowest BCUT2D eigenvalue weighted by Gasteiger charge is -2.30. The molecule has 1 fully saturated rings. The van der Waals surface area contributed by atoms with Crippen LogP contribution in [0.15, 0.2) is 113 Å². The van der Waals surface area contributed by atoms with E-state index in [9.17, 15) is 19.2 Å². The van der Waals surface area contributed by atoms with Crippen molar-refractivity contribution in [2.45, 2.75) is 136 Å². The zero-order chi connectivity index (χ0) is 49.3. The minimum atomic E-state index is -0.955. The number of aromatic nitrogens is 2. The normalized spacial score (nSPS) is 15.8. The highest BCUT2D eigenvalue weighted by Gasteiger charge is 2.39. The predicted molar refractivity (Wildman–Crippen MR) is 270 cm³/mol. The van der Waals surface area contributed by atoms with Gasteiger partial charge in [0.2, 0.25) is 17.6 Å². The Bertz CT molecular complexity index is 2620. The molecule has 69 heavy (non-hydrogen) atoms. The van der Waals surface area contributed by atoms with E-state index in [2.05, 4.69) is 66.0 Å². The molecule has 1 aliphatic heterocycles. The van der Waals surface area contributed by atoms with Gasteiger partial charge in [-0.25, -0.2) is 9.59 Å². The minimum absolute atomic E-state index is 0.126. The molecule has 2 aliphatic rings. The highest BCUT2D eigenvalue weighted by Crippen LogP contribution is 2.37. The number of likely N-dealkylation sites (tertiary alicyclic amines) is 1. The van der Waals surface area contributed by atoms with Gasteiger partial charge in [0.1, 0.15) is 29.3 Å². The van der Waals surface area contributed by atoms with Crippen LogP contribution in [0.4, 0.5) is 9.59 Å². The maximum atomic E-state index is 14.5. The van der Waals surface area contributed by atoms with Gasteiger partial charge in [-0.1, -0.05) is 123 Å². The molecule has 3 aromatic carbocycles. The highest BCUT2D eigenvalue weighted by atomic mass is 32.1. The number of benzene rings is 3. The summed E-state index contributed by atoms with van der Waals surface area (Å²) in [6, 6.07) is 25.7. The first-order valence-electron chi connectivity index (χ1n) is 24.2. The molecule has 1 saturated heterocycles. The van der Waals surface area contributed by atoms with Gasteiger partial charge in [0, 0.05) is 28.4 Å². The number of hydrogen-bond acceptors (Lipinski definition) is 10. The van der Waals surface area contributed by atoms with Gasteiger partial charge in [0.25, 0.3) is 5.91 Å². The van der Waals surface area contributed by atoms with Crippen molar-refractivity contribution in [3.63, 3.8) is 0 Å². The summed E-state index contributed by atoms with van der Waals surface area (Å²) in [6.07, 6.45) is 10.2. The number of ether oxygens (including phenoxy) is 2. The average Bonchev–Trinajstić information content (AvgIpc) is 4.11. The SMILES string of the molecule is CCCCN(Cc1sc(-c2ccc(-c3ccc(-c4noc(C5CCCN5C(=O)C(NC(=O)OC(C)(C)C)c5ccccc5)n4)cc3)cc2)cc1CC)C(=O)C(NC(=O)OC(C)(C)C)C1=CC=CCC1. The summed E-state index contributed by atoms with van der Waals surface area (Å²) in [5.74, 6) is 0.364. The van der Waals surface area contributed by atoms with Crippen LogP contribution < -0.4 is 10.6 Å². The third kappa shape index (κ3) is 13.2. The number of amides is 4. The molecule has 0 radical (unpaired) electrons. The number of carbonyl (C=O) groups excluding carboxylic acids is 4. The fourth-order valence-electron chi connectivity index (χ4n) is 8.55. The summed E-state index contributed by atoms with van der Waals surface area (Å²) >= 11 is 1.71. The molecule has 2 N–H and O–H groups in total. The smallest absolute Gasteiger partial charge is 0.408 e. The fourth-order valence-corrected chi connectivity index (χ4v) is 9.83. The summed E-state index contributed by atoms with van der Waals surface area (Å²) in [4.78, 5) is 65.2. The van der Waals surface area contributed by atoms with E-state index in [-0.39, 0.29) is 11.8 Å². The summed E-state index contributed by atoms with van der Waals surface area (Å²) in [6.45, 7) is 16.6. The maximum Gasteiger partial charge on any atom is 0.408 e. The molecule has 3 heterocycles. The number of hydrogen-bond donors (Lipinski definition) is 2. The standard InChI is InChI=1S/C55H66N6O7S/c1-9-11-32-60(50(62)46(40-19-14-12-15-20-40)56-52(64)66-54(3,4)5)35-45-36(10-2)34-44(69-45)39-28-24-37(25-29-39)38-26-30-42(31-27-38)48-58-49(68-59-48)43-23-18-33-61(43)51(63)47(41-21-16-13-17-22-41)57-53(65)67-55(6,7)8/h12-14,16-17,19,21-22,24-31,34,43,46-47H,9-11,15,18,20,23,32-33,35H2,1-8H3,(H,56,64)(H,57,65). The molecule has 0 saturated carbocycles. The number of rotatable bonds is 16. The van der Waals surface area contributed by atoms with E-state index >= 15 is 0 Å². The third-order valence-corrected chi connectivity index (χ3v) is 13.2. The lowest BCUT2D eigenvalue weighted by molar-refractivity contribution is -0.135. The van der Waals surface area contributed by atoms with Gasteiger partial charge < -0.3 is 34.4 Å². The number of alkyl carbamates (subject to hydrolysis) is 2. The van der Waals surface area contributed by atoms with Crippen LogP contribution in [0.5, 0.6) is 0 Å². The van der Waals surface area contributed by atoms with Crippen LogP contribution in [0.3, 0.4) is 0 Å². The largest absolute Gasteiger partial charge is 0.444 e. The van der Waals surface area contributed by atoms with E-state index in [1.54, 1.807) is 37.0 Å². The Morgan fingerprint density at radius 1 is 0.841 bits per heavy atom. The highest BCUT2D eigenvalue weighted by molar-refractivity contribution is 7.15. The Kier molecular flexibility index (Phi) is 16.2. The van der Waals surface area contributed by atoms with Crippen LogP contribution in [0.2, 0.25) is 0 Å². The third-order valence-electron chi connectivity index (χ3n) is 12.0. The van der Waals surface area contributed by atoms with Crippen LogP contribution in [0, 0.1) is 0 Å². The van der Waals surface area contributed by atoms with E-state index in [0.717, 1.165) is 69.7 Å². The van der Waals surface area contributed by atoms with E-state index in [0.29, 0.717) is 49.8 Å². The monoisotopic (exact) mass is 954 g/mol. The summed E-state index contributed by atoms with van der Waals surface area (Å²) in [5.41, 5.74) is 5.24. The number of nitrogens with zero attached hydrogens (tertiary/aromatic N) is 4. The van der Waals surface area contributed by atoms with E-state index in [1.165, 1.54) is 5.56 Å². The first-order valence-corrected chi connectivity index (χ1v) is 25.0. The Labute approximate surface area is 410 Å². The van der Waals surface area contributed by atoms with Crippen LogP contribution >= 0.6 is 11.3 Å². The lowest BCUT2D eigenvalue weighted by atomic mass is 9.96. The second kappa shape index (κ2) is 22.3. The number of unbranched alkanes of at least 4 members (excludes halogenated alkanes) is 1. The summed E-state index contributed by atoms with van der Waals surface area (Å²) in [5, 5.41) is 10.0. The molecule has 13 nitrogen and oxygen atoms in total. The number of thiophene rings is 1. The van der Waals surface area contributed by atoms with Crippen molar-refractivity contribution in [3.8, 4) is 33.0 Å². The fraction of sp³-hybridized carbons (Fsp3) is 0.418. The van der Waals surface area contributed by atoms with Gasteiger partial charge >= 0.3 is 12.2 Å². The Morgan fingerprint density at radius 3 is 2.06 bits per heavy atom. The Balaban J connectivity index is 1.03. The van der Waals surface area contributed by atoms with Crippen molar-refractivity contribution >= 4 is 35.3 Å². The van der Waals surface area contributed by atoms with Crippen molar-refractivity contribution in [3.05, 3.63) is 131 Å². The molecule has 5 aromatic rings. The molecule has 4 amide bonds. The van der Waals surface area contributed by atoms with Crippen LogP contribution in [0.1, 0.15) is 128 Å². The molecule has 0 bridgehead atoms. The molecule has 2 aromatic heterocycles. The number of carbonyl (C=O) groups is 4. The van der Waals surface area contributed by atoms with Crippen molar-refractivity contribution in [1.29, 1.82) is 0 Å². The maximum absolute atomic E-state index is 14.5. The minimum Gasteiger partial charge on any atom is -0.444 e. The van der Waals surface area contributed by atoms with Crippen molar-refractivity contribution in [2.75, 3.05) is 13.1 Å². The molecule has 3 unspecified atom stereocenters. The van der Waals surface area contributed by atoms with Gasteiger partial charge in [-0.05, 0) is 120 Å². The average molecular weight is 955 g/mol. The molecule has 1 aliphatic carbocycles. The Hall–Kier alpha value is -6.54. The van der Waals surface area contributed by atoms with Crippen LogP contribution in [-0.4, -0.2) is 74.3 Å². The summed E-state index contributed by atoms with van der Waals surface area (Å²) in [7, 11) is 0. The van der Waals surface area contributed by atoms with E-state index < -0.39 is 41.5 Å².